The van der Waals surface area contributed by atoms with Gasteiger partial charge in [0.25, 0.3) is 0 Å². The minimum atomic E-state index is -1.72. The van der Waals surface area contributed by atoms with E-state index in [9.17, 15) is 15.0 Å². The van der Waals surface area contributed by atoms with Crippen molar-refractivity contribution in [2.45, 2.75) is 6.10 Å². The Bertz CT molecular complexity index is 352. The van der Waals surface area contributed by atoms with Crippen LogP contribution in [0.5, 0.6) is 11.5 Å². The van der Waals surface area contributed by atoms with Gasteiger partial charge in [-0.2, -0.15) is 0 Å². The first-order chi connectivity index (χ1) is 6.56. The van der Waals surface area contributed by atoms with Crippen LogP contribution in [-0.4, -0.2) is 23.3 Å². The first-order valence-electron chi connectivity index (χ1n) is 3.82. The fourth-order valence-corrected chi connectivity index (χ4v) is 1.00. The largest absolute Gasteiger partial charge is 1.00 e. The minimum Gasteiger partial charge on any atom is -0.547 e. The molecule has 0 aliphatic rings. The molecule has 1 atom stereocenters. The number of methoxy groups -OCH3 is 1. The van der Waals surface area contributed by atoms with Crippen molar-refractivity contribution in [1.82, 2.24) is 0 Å². The zero-order valence-electron chi connectivity index (χ0n) is 8.43. The van der Waals surface area contributed by atoms with Crippen LogP contribution in [0, 0.1) is 0 Å². The van der Waals surface area contributed by atoms with E-state index >= 15 is 0 Å². The molecule has 0 fully saturated rings. The fraction of sp³-hybridized carbons (Fsp3) is 0.222. The first kappa shape index (κ1) is 14.2. The van der Waals surface area contributed by atoms with Crippen molar-refractivity contribution in [3.05, 3.63) is 23.8 Å². The molecule has 0 aliphatic heterocycles. The minimum absolute atomic E-state index is 0. The van der Waals surface area contributed by atoms with Crippen LogP contribution in [0.2, 0.25) is 0 Å². The molecular weight excluding hydrogens is 211 g/mol. The second-order valence-electron chi connectivity index (χ2n) is 2.65. The van der Waals surface area contributed by atoms with Crippen LogP contribution in [0.4, 0.5) is 0 Å². The summed E-state index contributed by atoms with van der Waals surface area (Å²) in [6.07, 6.45) is -1.72. The molecule has 1 rings (SSSR count). The number of aliphatic hydroxyl groups excluding tert-OH is 1. The molecule has 1 aromatic carbocycles. The summed E-state index contributed by atoms with van der Waals surface area (Å²) in [5.74, 6) is -1.62. The van der Waals surface area contributed by atoms with E-state index in [4.69, 9.17) is 9.84 Å². The number of phenolic OH excluding ortho intramolecular Hbond substituents is 1. The number of aliphatic carboxylic acids is 1. The molecule has 2 N–H and O–H groups in total. The van der Waals surface area contributed by atoms with Gasteiger partial charge in [-0.25, -0.2) is 0 Å². The summed E-state index contributed by atoms with van der Waals surface area (Å²) in [7, 11) is 1.32. The van der Waals surface area contributed by atoms with Crippen molar-refractivity contribution in [2.75, 3.05) is 7.11 Å². The number of rotatable bonds is 3. The summed E-state index contributed by atoms with van der Waals surface area (Å²) in [6.45, 7) is 0. The molecule has 0 heterocycles. The number of hydrogen-bond acceptors (Lipinski definition) is 5. The average Bonchev–Trinajstić information content (AvgIpc) is 2.17. The average molecular weight is 220 g/mol. The predicted molar refractivity (Wildman–Crippen MR) is 44.6 cm³/mol. The predicted octanol–water partition coefficient (Wildman–Crippen LogP) is -3.81. The van der Waals surface area contributed by atoms with Gasteiger partial charge in [-0.05, 0) is 17.7 Å². The number of carboxylic acids is 1. The number of aliphatic hydroxyl groups is 1. The number of carboxylic acid groups (broad SMARTS) is 1. The normalized spacial score (nSPS) is 11.3. The summed E-state index contributed by atoms with van der Waals surface area (Å²) in [6, 6.07) is 3.74. The number of carbonyl (C=O) groups is 1. The molecule has 0 unspecified atom stereocenters. The summed E-state index contributed by atoms with van der Waals surface area (Å²) < 4.78 is 4.74. The van der Waals surface area contributed by atoms with Gasteiger partial charge in [-0.3, -0.25) is 0 Å². The zero-order valence-corrected chi connectivity index (χ0v) is 10.4. The van der Waals surface area contributed by atoms with Crippen molar-refractivity contribution < 1.29 is 54.4 Å². The van der Waals surface area contributed by atoms with E-state index in [0.717, 1.165) is 0 Å². The Hall–Kier alpha value is -0.750. The Morgan fingerprint density at radius 3 is 2.60 bits per heavy atom. The maximum Gasteiger partial charge on any atom is 1.00 e. The summed E-state index contributed by atoms with van der Waals surface area (Å²) >= 11 is 0. The number of phenols is 1. The third kappa shape index (κ3) is 3.39. The van der Waals surface area contributed by atoms with E-state index in [2.05, 4.69) is 0 Å². The van der Waals surface area contributed by atoms with Crippen LogP contribution in [0.3, 0.4) is 0 Å². The van der Waals surface area contributed by atoms with Gasteiger partial charge in [0.2, 0.25) is 0 Å². The molecule has 0 amide bonds. The number of benzene rings is 1. The van der Waals surface area contributed by atoms with E-state index in [0.29, 0.717) is 0 Å². The Balaban J connectivity index is 0.00000196. The monoisotopic (exact) mass is 220 g/mol. The van der Waals surface area contributed by atoms with Gasteiger partial charge in [0, 0.05) is 0 Å². The van der Waals surface area contributed by atoms with Crippen molar-refractivity contribution >= 4 is 5.97 Å². The Morgan fingerprint density at radius 1 is 1.53 bits per heavy atom. The van der Waals surface area contributed by atoms with Gasteiger partial charge in [0.05, 0.1) is 13.1 Å². The zero-order chi connectivity index (χ0) is 10.7. The molecule has 1 aromatic rings. The van der Waals surface area contributed by atoms with Gasteiger partial charge in [0.1, 0.15) is 6.10 Å². The Labute approximate surface area is 109 Å². The molecule has 0 spiro atoms. The van der Waals surface area contributed by atoms with E-state index in [1.807, 2.05) is 0 Å². The van der Waals surface area contributed by atoms with Crippen LogP contribution in [0.1, 0.15) is 11.7 Å². The maximum absolute atomic E-state index is 10.3. The molecule has 0 aliphatic carbocycles. The van der Waals surface area contributed by atoms with Gasteiger partial charge in [0.15, 0.2) is 11.5 Å². The van der Waals surface area contributed by atoms with Crippen LogP contribution in [0.15, 0.2) is 18.2 Å². The van der Waals surface area contributed by atoms with Gasteiger partial charge in [-0.1, -0.05) is 6.07 Å². The number of carbonyl (C=O) groups excluding carboxylic acids is 1. The molecule has 5 nitrogen and oxygen atoms in total. The molecule has 0 radical (unpaired) electrons. The van der Waals surface area contributed by atoms with Crippen molar-refractivity contribution in [3.8, 4) is 11.5 Å². The molecule has 6 heteroatoms. The Morgan fingerprint density at radius 2 is 2.13 bits per heavy atom. The number of hydrogen-bond donors (Lipinski definition) is 2. The molecule has 0 bridgehead atoms. The van der Waals surface area contributed by atoms with Crippen LogP contribution >= 0.6 is 0 Å². The fourth-order valence-electron chi connectivity index (χ4n) is 1.00. The quantitative estimate of drug-likeness (QED) is 0.510. The molecule has 0 saturated carbocycles. The third-order valence-electron chi connectivity index (χ3n) is 1.74. The van der Waals surface area contributed by atoms with Crippen molar-refractivity contribution in [3.63, 3.8) is 0 Å². The molecule has 0 saturated heterocycles. The summed E-state index contributed by atoms with van der Waals surface area (Å²) in [4.78, 5) is 10.3. The van der Waals surface area contributed by atoms with Gasteiger partial charge >= 0.3 is 29.6 Å². The Kier molecular flexibility index (Phi) is 5.67. The van der Waals surface area contributed by atoms with Gasteiger partial charge in [-0.15, -0.1) is 0 Å². The van der Waals surface area contributed by atoms with Crippen molar-refractivity contribution in [2.24, 2.45) is 0 Å². The van der Waals surface area contributed by atoms with E-state index in [-0.39, 0.29) is 46.6 Å². The molecular formula is C9H9NaO5. The van der Waals surface area contributed by atoms with Crippen LogP contribution < -0.4 is 39.4 Å². The van der Waals surface area contributed by atoms with E-state index in [1.165, 1.54) is 25.3 Å². The van der Waals surface area contributed by atoms with Gasteiger partial charge < -0.3 is 24.9 Å². The second kappa shape index (κ2) is 5.97. The SMILES string of the molecule is COc1cc([C@@H](O)C(=O)[O-])ccc1O.[Na+]. The third-order valence-corrected chi connectivity index (χ3v) is 1.74. The summed E-state index contributed by atoms with van der Waals surface area (Å²) in [5, 5.41) is 28.6. The first-order valence-corrected chi connectivity index (χ1v) is 3.82. The van der Waals surface area contributed by atoms with E-state index < -0.39 is 12.1 Å². The smallest absolute Gasteiger partial charge is 0.547 e. The number of aromatic hydroxyl groups is 1. The second-order valence-corrected chi connectivity index (χ2v) is 2.65. The standard InChI is InChI=1S/C9H10O5.Na/c1-14-7-4-5(2-3-6(7)10)8(11)9(12)13;/h2-4,8,10-11H,1H3,(H,12,13);/q;+1/p-1/t8-;/m1./s1. The van der Waals surface area contributed by atoms with Crippen LogP contribution in [0.25, 0.3) is 0 Å². The topological polar surface area (TPSA) is 89.8 Å². The molecule has 0 aromatic heterocycles. The van der Waals surface area contributed by atoms with Crippen molar-refractivity contribution in [1.29, 1.82) is 0 Å². The van der Waals surface area contributed by atoms with E-state index in [1.54, 1.807) is 0 Å². The summed E-state index contributed by atoms with van der Waals surface area (Å²) in [5.41, 5.74) is 0.0969. The maximum atomic E-state index is 10.3. The number of ether oxygens (including phenoxy) is 1. The molecule has 15 heavy (non-hydrogen) atoms. The molecule has 76 valence electrons. The van der Waals surface area contributed by atoms with Crippen LogP contribution in [-0.2, 0) is 4.79 Å².